The standard InChI is InChI=1S/C11H14OS/c1-7-5-10(9(3)12)6-8(2)11(7)13-4/h5-6H,1-4H3. The van der Waals surface area contributed by atoms with E-state index in [0.29, 0.717) is 0 Å². The fourth-order valence-corrected chi connectivity index (χ4v) is 2.24. The van der Waals surface area contributed by atoms with Gasteiger partial charge in [-0.3, -0.25) is 4.79 Å². The Bertz CT molecular complexity index is 319. The van der Waals surface area contributed by atoms with Crippen LogP contribution in [0.25, 0.3) is 0 Å². The summed E-state index contributed by atoms with van der Waals surface area (Å²) in [6.07, 6.45) is 2.06. The molecule has 0 heterocycles. The average Bonchev–Trinajstić information content (AvgIpc) is 2.03. The number of carbonyl (C=O) groups is 1. The van der Waals surface area contributed by atoms with Gasteiger partial charge in [0.25, 0.3) is 0 Å². The predicted molar refractivity (Wildman–Crippen MR) is 57.7 cm³/mol. The zero-order chi connectivity index (χ0) is 10.0. The Kier molecular flexibility index (Phi) is 3.15. The van der Waals surface area contributed by atoms with Crippen LogP contribution in [0.2, 0.25) is 0 Å². The van der Waals surface area contributed by atoms with Crippen molar-refractivity contribution in [1.82, 2.24) is 0 Å². The Morgan fingerprint density at radius 3 is 2.00 bits per heavy atom. The molecule has 2 heteroatoms. The van der Waals surface area contributed by atoms with E-state index in [9.17, 15) is 4.79 Å². The molecule has 70 valence electrons. The van der Waals surface area contributed by atoms with Gasteiger partial charge in [-0.15, -0.1) is 11.8 Å². The van der Waals surface area contributed by atoms with E-state index in [-0.39, 0.29) is 5.78 Å². The summed E-state index contributed by atoms with van der Waals surface area (Å²) >= 11 is 1.73. The van der Waals surface area contributed by atoms with Gasteiger partial charge in [0, 0.05) is 10.5 Å². The van der Waals surface area contributed by atoms with E-state index >= 15 is 0 Å². The van der Waals surface area contributed by atoms with Crippen LogP contribution in [-0.4, -0.2) is 12.0 Å². The fraction of sp³-hybridized carbons (Fsp3) is 0.364. The predicted octanol–water partition coefficient (Wildman–Crippen LogP) is 3.23. The molecule has 0 aliphatic heterocycles. The molecule has 1 aromatic rings. The third kappa shape index (κ3) is 2.13. The maximum atomic E-state index is 11.1. The summed E-state index contributed by atoms with van der Waals surface area (Å²) in [6.45, 7) is 5.70. The smallest absolute Gasteiger partial charge is 0.159 e. The van der Waals surface area contributed by atoms with Gasteiger partial charge in [0.1, 0.15) is 0 Å². The molecule has 13 heavy (non-hydrogen) atoms. The van der Waals surface area contributed by atoms with E-state index < -0.39 is 0 Å². The first kappa shape index (κ1) is 10.3. The third-order valence-corrected chi connectivity index (χ3v) is 3.12. The molecule has 0 radical (unpaired) electrons. The molecule has 1 aromatic carbocycles. The van der Waals surface area contributed by atoms with Gasteiger partial charge in [-0.25, -0.2) is 0 Å². The second-order valence-corrected chi connectivity index (χ2v) is 4.02. The van der Waals surface area contributed by atoms with Gasteiger partial charge in [-0.1, -0.05) is 0 Å². The first-order valence-corrected chi connectivity index (χ1v) is 5.45. The van der Waals surface area contributed by atoms with Gasteiger partial charge in [0.05, 0.1) is 0 Å². The number of Topliss-reactive ketones (excluding diaryl/α,β-unsaturated/α-hetero) is 1. The molecular formula is C11H14OS. The molecule has 0 bridgehead atoms. The van der Waals surface area contributed by atoms with E-state index in [4.69, 9.17) is 0 Å². The van der Waals surface area contributed by atoms with Crippen LogP contribution in [0.3, 0.4) is 0 Å². The Hall–Kier alpha value is -0.760. The summed E-state index contributed by atoms with van der Waals surface area (Å²) in [7, 11) is 0. The van der Waals surface area contributed by atoms with E-state index in [1.54, 1.807) is 18.7 Å². The molecule has 0 saturated heterocycles. The van der Waals surface area contributed by atoms with Crippen LogP contribution in [0.4, 0.5) is 0 Å². The number of rotatable bonds is 2. The second kappa shape index (κ2) is 3.97. The highest BCUT2D eigenvalue weighted by Crippen LogP contribution is 2.25. The van der Waals surface area contributed by atoms with Crippen molar-refractivity contribution in [2.75, 3.05) is 6.26 Å². The van der Waals surface area contributed by atoms with Crippen molar-refractivity contribution in [1.29, 1.82) is 0 Å². The summed E-state index contributed by atoms with van der Waals surface area (Å²) in [4.78, 5) is 12.4. The number of aryl methyl sites for hydroxylation is 2. The molecule has 1 nitrogen and oxygen atoms in total. The number of carbonyl (C=O) groups excluding carboxylic acids is 1. The average molecular weight is 194 g/mol. The summed E-state index contributed by atoms with van der Waals surface area (Å²) in [5, 5.41) is 0. The molecule has 0 fully saturated rings. The highest BCUT2D eigenvalue weighted by molar-refractivity contribution is 7.98. The zero-order valence-electron chi connectivity index (χ0n) is 8.47. The van der Waals surface area contributed by atoms with Crippen molar-refractivity contribution in [3.8, 4) is 0 Å². The SMILES string of the molecule is CSc1c(C)cc(C(C)=O)cc1C. The Morgan fingerprint density at radius 1 is 1.23 bits per heavy atom. The molecule has 0 amide bonds. The van der Waals surface area contributed by atoms with Gasteiger partial charge in [0.15, 0.2) is 5.78 Å². The molecule has 0 aliphatic carbocycles. The molecule has 0 spiro atoms. The lowest BCUT2D eigenvalue weighted by molar-refractivity contribution is 0.101. The maximum Gasteiger partial charge on any atom is 0.159 e. The van der Waals surface area contributed by atoms with Crippen molar-refractivity contribution in [3.05, 3.63) is 28.8 Å². The van der Waals surface area contributed by atoms with Gasteiger partial charge in [-0.2, -0.15) is 0 Å². The lowest BCUT2D eigenvalue weighted by Gasteiger charge is -2.08. The van der Waals surface area contributed by atoms with E-state index in [1.165, 1.54) is 16.0 Å². The maximum absolute atomic E-state index is 11.1. The molecular weight excluding hydrogens is 180 g/mol. The molecule has 0 N–H and O–H groups in total. The highest BCUT2D eigenvalue weighted by Gasteiger charge is 2.06. The summed E-state index contributed by atoms with van der Waals surface area (Å²) in [5.41, 5.74) is 3.20. The zero-order valence-corrected chi connectivity index (χ0v) is 9.29. The summed E-state index contributed by atoms with van der Waals surface area (Å²) < 4.78 is 0. The van der Waals surface area contributed by atoms with Gasteiger partial charge in [0.2, 0.25) is 0 Å². The Morgan fingerprint density at radius 2 is 1.69 bits per heavy atom. The third-order valence-electron chi connectivity index (χ3n) is 2.07. The molecule has 0 aromatic heterocycles. The molecule has 1 rings (SSSR count). The summed E-state index contributed by atoms with van der Waals surface area (Å²) in [5.74, 6) is 0.138. The number of hydrogen-bond donors (Lipinski definition) is 0. The second-order valence-electron chi connectivity index (χ2n) is 3.20. The van der Waals surface area contributed by atoms with Gasteiger partial charge in [-0.05, 0) is 50.3 Å². The minimum absolute atomic E-state index is 0.138. The first-order valence-electron chi connectivity index (χ1n) is 4.22. The van der Waals surface area contributed by atoms with Crippen LogP contribution >= 0.6 is 11.8 Å². The topological polar surface area (TPSA) is 17.1 Å². The van der Waals surface area contributed by atoms with Crippen LogP contribution in [0.15, 0.2) is 17.0 Å². The number of benzene rings is 1. The fourth-order valence-electron chi connectivity index (χ4n) is 1.48. The minimum atomic E-state index is 0.138. The minimum Gasteiger partial charge on any atom is -0.295 e. The van der Waals surface area contributed by atoms with E-state index in [1.807, 2.05) is 26.0 Å². The Labute approximate surface area is 83.5 Å². The van der Waals surface area contributed by atoms with E-state index in [0.717, 1.165) is 5.56 Å². The van der Waals surface area contributed by atoms with Gasteiger partial charge >= 0.3 is 0 Å². The van der Waals surface area contributed by atoms with Crippen LogP contribution in [0.1, 0.15) is 28.4 Å². The van der Waals surface area contributed by atoms with Crippen molar-refractivity contribution < 1.29 is 4.79 Å². The van der Waals surface area contributed by atoms with Crippen molar-refractivity contribution in [3.63, 3.8) is 0 Å². The molecule has 0 atom stereocenters. The Balaban J connectivity index is 3.28. The van der Waals surface area contributed by atoms with Crippen LogP contribution in [0, 0.1) is 13.8 Å². The van der Waals surface area contributed by atoms with Crippen LogP contribution in [-0.2, 0) is 0 Å². The number of hydrogen-bond acceptors (Lipinski definition) is 2. The quantitative estimate of drug-likeness (QED) is 0.531. The van der Waals surface area contributed by atoms with Crippen LogP contribution < -0.4 is 0 Å². The van der Waals surface area contributed by atoms with E-state index in [2.05, 4.69) is 6.26 Å². The van der Waals surface area contributed by atoms with Crippen molar-refractivity contribution in [2.45, 2.75) is 25.7 Å². The number of thioether (sulfide) groups is 1. The lowest BCUT2D eigenvalue weighted by atomic mass is 10.0. The largest absolute Gasteiger partial charge is 0.295 e. The van der Waals surface area contributed by atoms with Gasteiger partial charge < -0.3 is 0 Å². The normalized spacial score (nSPS) is 10.2. The first-order chi connectivity index (χ1) is 6.06. The molecule has 0 unspecified atom stereocenters. The van der Waals surface area contributed by atoms with Crippen molar-refractivity contribution in [2.24, 2.45) is 0 Å². The molecule has 0 saturated carbocycles. The molecule has 0 aliphatic rings. The summed E-state index contributed by atoms with van der Waals surface area (Å²) in [6, 6.07) is 3.92. The monoisotopic (exact) mass is 194 g/mol. The number of ketones is 1. The van der Waals surface area contributed by atoms with Crippen LogP contribution in [0.5, 0.6) is 0 Å². The lowest BCUT2D eigenvalue weighted by Crippen LogP contribution is -1.95. The van der Waals surface area contributed by atoms with Crippen molar-refractivity contribution >= 4 is 17.5 Å². The highest BCUT2D eigenvalue weighted by atomic mass is 32.2.